The van der Waals surface area contributed by atoms with Gasteiger partial charge in [0.25, 0.3) is 5.91 Å². The van der Waals surface area contributed by atoms with Gasteiger partial charge in [0.2, 0.25) is 5.95 Å². The Balaban J connectivity index is 1.63. The summed E-state index contributed by atoms with van der Waals surface area (Å²) in [6, 6.07) is 9.74. The van der Waals surface area contributed by atoms with Crippen molar-refractivity contribution in [3.05, 3.63) is 42.2 Å². The molecule has 3 rings (SSSR count). The summed E-state index contributed by atoms with van der Waals surface area (Å²) in [4.78, 5) is 25.6. The monoisotopic (exact) mass is 369 g/mol. The van der Waals surface area contributed by atoms with Gasteiger partial charge in [-0.05, 0) is 51.1 Å². The smallest absolute Gasteiger partial charge is 0.270 e. The summed E-state index contributed by atoms with van der Waals surface area (Å²) in [5.41, 5.74) is 1.27. The molecule has 0 unspecified atom stereocenters. The van der Waals surface area contributed by atoms with Gasteiger partial charge in [0.1, 0.15) is 11.4 Å². The van der Waals surface area contributed by atoms with Crippen LogP contribution in [0.4, 0.5) is 11.6 Å². The van der Waals surface area contributed by atoms with Crippen molar-refractivity contribution in [1.29, 1.82) is 0 Å². The zero-order chi connectivity index (χ0) is 19.4. The van der Waals surface area contributed by atoms with E-state index in [4.69, 9.17) is 4.74 Å². The minimum Gasteiger partial charge on any atom is -0.497 e. The Kier molecular flexibility index (Phi) is 5.48. The van der Waals surface area contributed by atoms with Crippen LogP contribution < -0.4 is 19.9 Å². The van der Waals surface area contributed by atoms with Crippen LogP contribution in [-0.2, 0) is 0 Å². The first-order valence-electron chi connectivity index (χ1n) is 9.15. The maximum Gasteiger partial charge on any atom is 0.270 e. The average Bonchev–Trinajstić information content (AvgIpc) is 2.67. The fourth-order valence-corrected chi connectivity index (χ4v) is 2.99. The van der Waals surface area contributed by atoms with Crippen LogP contribution in [0.2, 0.25) is 0 Å². The standard InChI is InChI=1S/C20H27N5O2/c1-20(2,3)23-18(26)17-9-10-21-19(22-17)25-13-11-24(12-14-25)15-5-7-16(27-4)8-6-15/h5-10H,11-14H2,1-4H3,(H,23,26). The van der Waals surface area contributed by atoms with Gasteiger partial charge in [0.05, 0.1) is 7.11 Å². The Morgan fingerprint density at radius 1 is 1.04 bits per heavy atom. The maximum absolute atomic E-state index is 12.3. The summed E-state index contributed by atoms with van der Waals surface area (Å²) in [7, 11) is 1.67. The molecule has 1 fully saturated rings. The molecule has 0 atom stereocenters. The summed E-state index contributed by atoms with van der Waals surface area (Å²) in [6.45, 7) is 9.19. The second-order valence-electron chi connectivity index (χ2n) is 7.62. The fourth-order valence-electron chi connectivity index (χ4n) is 2.99. The highest BCUT2D eigenvalue weighted by atomic mass is 16.5. The number of methoxy groups -OCH3 is 1. The molecular weight excluding hydrogens is 342 g/mol. The molecule has 0 aliphatic carbocycles. The first kappa shape index (κ1) is 18.9. The predicted molar refractivity (Wildman–Crippen MR) is 107 cm³/mol. The van der Waals surface area contributed by atoms with E-state index in [0.29, 0.717) is 11.6 Å². The number of nitrogens with one attached hydrogen (secondary N) is 1. The Morgan fingerprint density at radius 2 is 1.67 bits per heavy atom. The van der Waals surface area contributed by atoms with Gasteiger partial charge < -0.3 is 19.9 Å². The number of aromatic nitrogens is 2. The number of carbonyl (C=O) groups excluding carboxylic acids is 1. The molecule has 1 aliphatic heterocycles. The summed E-state index contributed by atoms with van der Waals surface area (Å²) in [6.07, 6.45) is 1.65. The molecule has 27 heavy (non-hydrogen) atoms. The predicted octanol–water partition coefficient (Wildman–Crippen LogP) is 2.34. The zero-order valence-electron chi connectivity index (χ0n) is 16.4. The molecule has 0 spiro atoms. The van der Waals surface area contributed by atoms with Crippen molar-refractivity contribution in [2.24, 2.45) is 0 Å². The van der Waals surface area contributed by atoms with E-state index in [-0.39, 0.29) is 11.4 Å². The van der Waals surface area contributed by atoms with Crippen LogP contribution in [0.1, 0.15) is 31.3 Å². The molecule has 7 nitrogen and oxygen atoms in total. The Labute approximate surface area is 160 Å². The van der Waals surface area contributed by atoms with Crippen LogP contribution >= 0.6 is 0 Å². The van der Waals surface area contributed by atoms with Crippen molar-refractivity contribution in [3.63, 3.8) is 0 Å². The number of benzene rings is 1. The molecule has 1 N–H and O–H groups in total. The Hall–Kier alpha value is -2.83. The van der Waals surface area contributed by atoms with Gasteiger partial charge in [0, 0.05) is 43.6 Å². The lowest BCUT2D eigenvalue weighted by Gasteiger charge is -2.36. The van der Waals surface area contributed by atoms with Crippen LogP contribution in [0.5, 0.6) is 5.75 Å². The van der Waals surface area contributed by atoms with Crippen LogP contribution in [-0.4, -0.2) is 54.7 Å². The zero-order valence-corrected chi connectivity index (χ0v) is 16.4. The second kappa shape index (κ2) is 7.82. The van der Waals surface area contributed by atoms with E-state index < -0.39 is 0 Å². The van der Waals surface area contributed by atoms with E-state index in [1.165, 1.54) is 5.69 Å². The average molecular weight is 369 g/mol. The highest BCUT2D eigenvalue weighted by molar-refractivity contribution is 5.92. The van der Waals surface area contributed by atoms with Crippen molar-refractivity contribution in [2.45, 2.75) is 26.3 Å². The van der Waals surface area contributed by atoms with Crippen molar-refractivity contribution in [1.82, 2.24) is 15.3 Å². The number of nitrogens with zero attached hydrogens (tertiary/aromatic N) is 4. The lowest BCUT2D eigenvalue weighted by atomic mass is 10.1. The van der Waals surface area contributed by atoms with Crippen LogP contribution in [0, 0.1) is 0 Å². The van der Waals surface area contributed by atoms with Gasteiger partial charge in [-0.3, -0.25) is 4.79 Å². The van der Waals surface area contributed by atoms with E-state index >= 15 is 0 Å². The second-order valence-corrected chi connectivity index (χ2v) is 7.62. The van der Waals surface area contributed by atoms with Crippen molar-refractivity contribution < 1.29 is 9.53 Å². The largest absolute Gasteiger partial charge is 0.497 e. The summed E-state index contributed by atoms with van der Waals surface area (Å²) in [5, 5.41) is 2.94. The molecule has 1 aliphatic rings. The van der Waals surface area contributed by atoms with E-state index in [9.17, 15) is 4.79 Å². The minimum atomic E-state index is -0.299. The third-order valence-electron chi connectivity index (χ3n) is 4.36. The first-order chi connectivity index (χ1) is 12.9. The summed E-state index contributed by atoms with van der Waals surface area (Å²) in [5.74, 6) is 1.28. The molecule has 144 valence electrons. The van der Waals surface area contributed by atoms with E-state index in [0.717, 1.165) is 31.9 Å². The molecule has 1 aromatic heterocycles. The molecule has 2 aromatic rings. The van der Waals surface area contributed by atoms with Gasteiger partial charge in [-0.1, -0.05) is 0 Å². The molecule has 0 radical (unpaired) electrons. The molecule has 2 heterocycles. The Bertz CT molecular complexity index is 778. The minimum absolute atomic E-state index is 0.178. The maximum atomic E-state index is 12.3. The van der Waals surface area contributed by atoms with Crippen molar-refractivity contribution in [2.75, 3.05) is 43.1 Å². The molecule has 1 amide bonds. The van der Waals surface area contributed by atoms with Gasteiger partial charge in [-0.15, -0.1) is 0 Å². The normalized spacial score (nSPS) is 14.8. The lowest BCUT2D eigenvalue weighted by molar-refractivity contribution is 0.0914. The Morgan fingerprint density at radius 3 is 2.26 bits per heavy atom. The van der Waals surface area contributed by atoms with Gasteiger partial charge in [0.15, 0.2) is 0 Å². The van der Waals surface area contributed by atoms with Gasteiger partial charge >= 0.3 is 0 Å². The molecule has 0 bridgehead atoms. The number of anilines is 2. The SMILES string of the molecule is COc1ccc(N2CCN(c3nccc(C(=O)NC(C)(C)C)n3)CC2)cc1. The van der Waals surface area contributed by atoms with Crippen LogP contribution in [0.3, 0.4) is 0 Å². The first-order valence-corrected chi connectivity index (χ1v) is 9.15. The number of rotatable bonds is 4. The lowest BCUT2D eigenvalue weighted by Crippen LogP contribution is -2.47. The van der Waals surface area contributed by atoms with E-state index in [1.807, 2.05) is 32.9 Å². The van der Waals surface area contributed by atoms with Crippen molar-refractivity contribution >= 4 is 17.5 Å². The number of amides is 1. The quantitative estimate of drug-likeness (QED) is 0.892. The van der Waals surface area contributed by atoms with E-state index in [1.54, 1.807) is 19.4 Å². The molecule has 0 saturated carbocycles. The summed E-state index contributed by atoms with van der Waals surface area (Å²) >= 11 is 0. The van der Waals surface area contributed by atoms with Crippen molar-refractivity contribution in [3.8, 4) is 5.75 Å². The third kappa shape index (κ3) is 4.87. The van der Waals surface area contributed by atoms with Gasteiger partial charge in [-0.25, -0.2) is 9.97 Å². The molecule has 1 saturated heterocycles. The number of piperazine rings is 1. The topological polar surface area (TPSA) is 70.6 Å². The number of ether oxygens (including phenoxy) is 1. The molecule has 1 aromatic carbocycles. The van der Waals surface area contributed by atoms with Crippen LogP contribution in [0.25, 0.3) is 0 Å². The number of carbonyl (C=O) groups is 1. The molecule has 7 heteroatoms. The highest BCUT2D eigenvalue weighted by Gasteiger charge is 2.21. The van der Waals surface area contributed by atoms with Gasteiger partial charge in [-0.2, -0.15) is 0 Å². The number of hydrogen-bond donors (Lipinski definition) is 1. The number of hydrogen-bond acceptors (Lipinski definition) is 6. The fraction of sp³-hybridized carbons (Fsp3) is 0.450. The third-order valence-corrected chi connectivity index (χ3v) is 4.36. The van der Waals surface area contributed by atoms with E-state index in [2.05, 4.69) is 37.2 Å². The highest BCUT2D eigenvalue weighted by Crippen LogP contribution is 2.21. The molecular formula is C20H27N5O2. The summed E-state index contributed by atoms with van der Waals surface area (Å²) < 4.78 is 5.22. The van der Waals surface area contributed by atoms with Crippen LogP contribution in [0.15, 0.2) is 36.5 Å².